The van der Waals surface area contributed by atoms with E-state index in [1.807, 2.05) is 0 Å². The molecule has 0 radical (unpaired) electrons. The van der Waals surface area contributed by atoms with E-state index in [2.05, 4.69) is 10.5 Å². The van der Waals surface area contributed by atoms with Crippen LogP contribution in [0.15, 0.2) is 29.4 Å². The standard InChI is InChI=1S/C20H28N2O6/c1-20(2,3)28-19(24)21-17(18(23)27-16-6-4-5-7-16)12-13-26-15-10-8-14(22-25)9-11-15/h8-11,16-17H,4-7,12-13H2,1-3H3,(H,21,24). The molecular weight excluding hydrogens is 364 g/mol. The van der Waals surface area contributed by atoms with Gasteiger partial charge < -0.3 is 19.5 Å². The van der Waals surface area contributed by atoms with Gasteiger partial charge in [0, 0.05) is 6.42 Å². The summed E-state index contributed by atoms with van der Waals surface area (Å²) < 4.78 is 16.4. The molecule has 154 valence electrons. The highest BCUT2D eigenvalue weighted by Crippen LogP contribution is 2.22. The number of nitrogens with one attached hydrogen (secondary N) is 1. The van der Waals surface area contributed by atoms with Gasteiger partial charge in [0.2, 0.25) is 0 Å². The number of carbonyl (C=O) groups excluding carboxylic acids is 2. The first-order chi connectivity index (χ1) is 13.3. The Bertz CT molecular complexity index is 662. The Morgan fingerprint density at radius 3 is 2.39 bits per heavy atom. The fourth-order valence-corrected chi connectivity index (χ4v) is 2.85. The summed E-state index contributed by atoms with van der Waals surface area (Å²) in [7, 11) is 0. The van der Waals surface area contributed by atoms with Gasteiger partial charge in [0.15, 0.2) is 0 Å². The lowest BCUT2D eigenvalue weighted by molar-refractivity contribution is -0.151. The van der Waals surface area contributed by atoms with E-state index >= 15 is 0 Å². The van der Waals surface area contributed by atoms with Gasteiger partial charge >= 0.3 is 12.1 Å². The lowest BCUT2D eigenvalue weighted by Gasteiger charge is -2.24. The highest BCUT2D eigenvalue weighted by molar-refractivity contribution is 5.81. The number of nitroso groups, excluding NO2 is 1. The largest absolute Gasteiger partial charge is 0.493 e. The fraction of sp³-hybridized carbons (Fsp3) is 0.600. The van der Waals surface area contributed by atoms with E-state index in [1.165, 1.54) is 12.1 Å². The van der Waals surface area contributed by atoms with Crippen LogP contribution in [-0.2, 0) is 14.3 Å². The molecule has 1 aliphatic rings. The van der Waals surface area contributed by atoms with Crippen molar-refractivity contribution in [3.05, 3.63) is 29.2 Å². The highest BCUT2D eigenvalue weighted by atomic mass is 16.6. The lowest BCUT2D eigenvalue weighted by Crippen LogP contribution is -2.45. The summed E-state index contributed by atoms with van der Waals surface area (Å²) in [6.07, 6.45) is 3.21. The Labute approximate surface area is 164 Å². The van der Waals surface area contributed by atoms with Crippen molar-refractivity contribution in [1.29, 1.82) is 0 Å². The highest BCUT2D eigenvalue weighted by Gasteiger charge is 2.28. The third-order valence-corrected chi connectivity index (χ3v) is 4.18. The number of hydrogen-bond donors (Lipinski definition) is 1. The number of esters is 1. The molecule has 1 saturated carbocycles. The van der Waals surface area contributed by atoms with Crippen molar-refractivity contribution in [2.45, 2.75) is 70.6 Å². The second-order valence-corrected chi connectivity index (χ2v) is 7.76. The van der Waals surface area contributed by atoms with Crippen LogP contribution in [0.25, 0.3) is 0 Å². The van der Waals surface area contributed by atoms with Crippen LogP contribution in [0.4, 0.5) is 10.5 Å². The summed E-state index contributed by atoms with van der Waals surface area (Å²) in [4.78, 5) is 35.1. The van der Waals surface area contributed by atoms with Crippen LogP contribution in [-0.4, -0.2) is 36.4 Å². The summed E-state index contributed by atoms with van der Waals surface area (Å²) in [5, 5.41) is 5.41. The molecule has 28 heavy (non-hydrogen) atoms. The summed E-state index contributed by atoms with van der Waals surface area (Å²) in [5.74, 6) is 0.0504. The Kier molecular flexibility index (Phi) is 7.78. The number of nitrogens with zero attached hydrogens (tertiary/aromatic N) is 1. The minimum Gasteiger partial charge on any atom is -0.493 e. The van der Waals surface area contributed by atoms with E-state index in [0.717, 1.165) is 25.7 Å². The molecule has 1 aliphatic carbocycles. The zero-order valence-corrected chi connectivity index (χ0v) is 16.6. The normalized spacial score (nSPS) is 15.5. The Morgan fingerprint density at radius 2 is 1.82 bits per heavy atom. The minimum absolute atomic E-state index is 0.0975. The molecule has 1 aromatic carbocycles. The van der Waals surface area contributed by atoms with Crippen molar-refractivity contribution in [3.63, 3.8) is 0 Å². The number of amides is 1. The molecule has 8 nitrogen and oxygen atoms in total. The molecule has 1 atom stereocenters. The lowest BCUT2D eigenvalue weighted by atomic mass is 10.2. The number of carbonyl (C=O) groups is 2. The first kappa shape index (κ1) is 21.7. The molecule has 2 rings (SSSR count). The van der Waals surface area contributed by atoms with E-state index in [1.54, 1.807) is 32.9 Å². The van der Waals surface area contributed by atoms with Crippen molar-refractivity contribution in [2.24, 2.45) is 5.18 Å². The molecule has 1 unspecified atom stereocenters. The number of alkyl carbamates (subject to hydrolysis) is 1. The van der Waals surface area contributed by atoms with E-state index < -0.39 is 23.7 Å². The average molecular weight is 392 g/mol. The first-order valence-electron chi connectivity index (χ1n) is 9.53. The molecular formula is C20H28N2O6. The maximum absolute atomic E-state index is 12.5. The molecule has 1 N–H and O–H groups in total. The zero-order valence-electron chi connectivity index (χ0n) is 16.6. The Balaban J connectivity index is 1.92. The molecule has 1 fully saturated rings. The van der Waals surface area contributed by atoms with Gasteiger partial charge in [0.25, 0.3) is 0 Å². The predicted molar refractivity (Wildman–Crippen MR) is 104 cm³/mol. The second kappa shape index (κ2) is 10.1. The molecule has 0 heterocycles. The van der Waals surface area contributed by atoms with Crippen molar-refractivity contribution in [2.75, 3.05) is 6.61 Å². The third kappa shape index (κ3) is 7.54. The van der Waals surface area contributed by atoms with E-state index in [9.17, 15) is 14.5 Å². The van der Waals surface area contributed by atoms with Crippen LogP contribution < -0.4 is 10.1 Å². The van der Waals surface area contributed by atoms with E-state index in [-0.39, 0.29) is 19.1 Å². The summed E-state index contributed by atoms with van der Waals surface area (Å²) in [6.45, 7) is 5.42. The van der Waals surface area contributed by atoms with Crippen LogP contribution in [0.3, 0.4) is 0 Å². The van der Waals surface area contributed by atoms with Gasteiger partial charge in [0.1, 0.15) is 29.2 Å². The van der Waals surface area contributed by atoms with Crippen LogP contribution >= 0.6 is 0 Å². The smallest absolute Gasteiger partial charge is 0.408 e. The van der Waals surface area contributed by atoms with Crippen LogP contribution in [0.5, 0.6) is 5.75 Å². The average Bonchev–Trinajstić information content (AvgIpc) is 3.13. The third-order valence-electron chi connectivity index (χ3n) is 4.18. The predicted octanol–water partition coefficient (Wildman–Crippen LogP) is 4.23. The summed E-state index contributed by atoms with van der Waals surface area (Å²) in [6, 6.07) is 5.43. The van der Waals surface area contributed by atoms with Gasteiger partial charge in [-0.3, -0.25) is 0 Å². The van der Waals surface area contributed by atoms with E-state index in [0.29, 0.717) is 11.4 Å². The molecule has 0 spiro atoms. The zero-order chi connectivity index (χ0) is 20.6. The van der Waals surface area contributed by atoms with Gasteiger partial charge in [-0.1, -0.05) is 0 Å². The van der Waals surface area contributed by atoms with E-state index in [4.69, 9.17) is 14.2 Å². The van der Waals surface area contributed by atoms with Gasteiger partial charge in [-0.05, 0) is 75.9 Å². The molecule has 1 aromatic rings. The van der Waals surface area contributed by atoms with Crippen molar-refractivity contribution < 1.29 is 23.8 Å². The molecule has 1 amide bonds. The summed E-state index contributed by atoms with van der Waals surface area (Å²) in [5.41, 5.74) is -0.369. The molecule has 0 aromatic heterocycles. The van der Waals surface area contributed by atoms with Crippen molar-refractivity contribution >= 4 is 17.7 Å². The maximum atomic E-state index is 12.5. The number of rotatable bonds is 8. The second-order valence-electron chi connectivity index (χ2n) is 7.76. The topological polar surface area (TPSA) is 103 Å². The number of benzene rings is 1. The van der Waals surface area contributed by atoms with Gasteiger partial charge in [-0.25, -0.2) is 9.59 Å². The SMILES string of the molecule is CC(C)(C)OC(=O)NC(CCOc1ccc(N=O)cc1)C(=O)OC1CCCC1. The Morgan fingerprint density at radius 1 is 1.18 bits per heavy atom. The number of hydrogen-bond acceptors (Lipinski definition) is 7. The van der Waals surface area contributed by atoms with Gasteiger partial charge in [-0.15, -0.1) is 4.91 Å². The van der Waals surface area contributed by atoms with Gasteiger partial charge in [0.05, 0.1) is 6.61 Å². The van der Waals surface area contributed by atoms with Gasteiger partial charge in [-0.2, -0.15) is 0 Å². The molecule has 0 saturated heterocycles. The quantitative estimate of drug-likeness (QED) is 0.524. The summed E-state index contributed by atoms with van der Waals surface area (Å²) >= 11 is 0. The van der Waals surface area contributed by atoms with Crippen molar-refractivity contribution in [1.82, 2.24) is 5.32 Å². The fourth-order valence-electron chi connectivity index (χ4n) is 2.85. The minimum atomic E-state index is -0.869. The molecule has 0 bridgehead atoms. The first-order valence-corrected chi connectivity index (χ1v) is 9.53. The van der Waals surface area contributed by atoms with Crippen LogP contribution in [0.1, 0.15) is 52.9 Å². The number of ether oxygens (including phenoxy) is 3. The van der Waals surface area contributed by atoms with Crippen LogP contribution in [0.2, 0.25) is 0 Å². The van der Waals surface area contributed by atoms with Crippen LogP contribution in [0, 0.1) is 4.91 Å². The molecule has 0 aliphatic heterocycles. The Hall–Kier alpha value is -2.64. The monoisotopic (exact) mass is 392 g/mol. The maximum Gasteiger partial charge on any atom is 0.408 e. The molecule has 8 heteroatoms. The van der Waals surface area contributed by atoms with Crippen molar-refractivity contribution in [3.8, 4) is 5.75 Å².